The van der Waals surface area contributed by atoms with Crippen LogP contribution < -0.4 is 11.1 Å². The van der Waals surface area contributed by atoms with Crippen LogP contribution in [0.1, 0.15) is 37.8 Å². The van der Waals surface area contributed by atoms with E-state index in [2.05, 4.69) is 43.4 Å². The SMILES string of the molecule is CC(CNCc1ccc(C(C)C)cc1)C(N)=O. The van der Waals surface area contributed by atoms with Crippen LogP contribution in [0, 0.1) is 5.92 Å². The van der Waals surface area contributed by atoms with Gasteiger partial charge in [0.05, 0.1) is 0 Å². The normalized spacial score (nSPS) is 12.7. The molecule has 3 N–H and O–H groups in total. The van der Waals surface area contributed by atoms with Gasteiger partial charge in [-0.3, -0.25) is 4.79 Å². The standard InChI is InChI=1S/C14H22N2O/c1-10(2)13-6-4-12(5-7-13)9-16-8-11(3)14(15)17/h4-7,10-11,16H,8-9H2,1-3H3,(H2,15,17). The van der Waals surface area contributed by atoms with Crippen LogP contribution in [0.2, 0.25) is 0 Å². The lowest BCUT2D eigenvalue weighted by molar-refractivity contribution is -0.121. The van der Waals surface area contributed by atoms with Crippen molar-refractivity contribution in [2.24, 2.45) is 11.7 Å². The number of carbonyl (C=O) groups excluding carboxylic acids is 1. The van der Waals surface area contributed by atoms with Crippen molar-refractivity contribution in [3.05, 3.63) is 35.4 Å². The first-order valence-corrected chi connectivity index (χ1v) is 6.09. The van der Waals surface area contributed by atoms with E-state index in [9.17, 15) is 4.79 Å². The van der Waals surface area contributed by atoms with Gasteiger partial charge in [-0.15, -0.1) is 0 Å². The number of primary amides is 1. The first kappa shape index (κ1) is 13.7. The lowest BCUT2D eigenvalue weighted by Gasteiger charge is -2.10. The molecule has 1 aromatic carbocycles. The lowest BCUT2D eigenvalue weighted by Crippen LogP contribution is -2.30. The van der Waals surface area contributed by atoms with Crippen LogP contribution in [0.5, 0.6) is 0 Å². The van der Waals surface area contributed by atoms with E-state index in [0.29, 0.717) is 12.5 Å². The monoisotopic (exact) mass is 234 g/mol. The highest BCUT2D eigenvalue weighted by Crippen LogP contribution is 2.14. The number of amides is 1. The molecule has 0 fully saturated rings. The molecular weight excluding hydrogens is 212 g/mol. The van der Waals surface area contributed by atoms with Gasteiger partial charge >= 0.3 is 0 Å². The first-order valence-electron chi connectivity index (χ1n) is 6.09. The summed E-state index contributed by atoms with van der Waals surface area (Å²) in [5.74, 6) is 0.185. The lowest BCUT2D eigenvalue weighted by atomic mass is 10.0. The Kier molecular flexibility index (Phi) is 5.16. The maximum Gasteiger partial charge on any atom is 0.221 e. The summed E-state index contributed by atoms with van der Waals surface area (Å²) >= 11 is 0. The number of rotatable bonds is 6. The quantitative estimate of drug-likeness (QED) is 0.791. The van der Waals surface area contributed by atoms with Crippen molar-refractivity contribution < 1.29 is 4.79 Å². The highest BCUT2D eigenvalue weighted by molar-refractivity contribution is 5.76. The third-order valence-electron chi connectivity index (χ3n) is 2.91. The van der Waals surface area contributed by atoms with E-state index >= 15 is 0 Å². The molecular formula is C14H22N2O. The summed E-state index contributed by atoms with van der Waals surface area (Å²) in [6.07, 6.45) is 0. The number of nitrogens with two attached hydrogens (primary N) is 1. The zero-order valence-electron chi connectivity index (χ0n) is 10.9. The summed E-state index contributed by atoms with van der Waals surface area (Å²) in [6, 6.07) is 8.55. The van der Waals surface area contributed by atoms with Crippen molar-refractivity contribution in [3.8, 4) is 0 Å². The fourth-order valence-corrected chi connectivity index (χ4v) is 1.55. The summed E-state index contributed by atoms with van der Waals surface area (Å²) in [4.78, 5) is 10.8. The van der Waals surface area contributed by atoms with Crippen LogP contribution in [0.4, 0.5) is 0 Å². The minimum absolute atomic E-state index is 0.120. The molecule has 0 saturated carbocycles. The van der Waals surface area contributed by atoms with E-state index < -0.39 is 0 Å². The van der Waals surface area contributed by atoms with Crippen LogP contribution >= 0.6 is 0 Å². The zero-order valence-corrected chi connectivity index (χ0v) is 10.9. The summed E-state index contributed by atoms with van der Waals surface area (Å²) < 4.78 is 0. The Morgan fingerprint density at radius 1 is 1.24 bits per heavy atom. The number of nitrogens with one attached hydrogen (secondary N) is 1. The molecule has 0 aliphatic heterocycles. The Hall–Kier alpha value is -1.35. The second kappa shape index (κ2) is 6.40. The fourth-order valence-electron chi connectivity index (χ4n) is 1.55. The maximum atomic E-state index is 10.8. The van der Waals surface area contributed by atoms with Gasteiger partial charge < -0.3 is 11.1 Å². The number of benzene rings is 1. The summed E-state index contributed by atoms with van der Waals surface area (Å²) in [6.45, 7) is 7.60. The molecule has 0 spiro atoms. The molecule has 17 heavy (non-hydrogen) atoms. The summed E-state index contributed by atoms with van der Waals surface area (Å²) in [5, 5.41) is 3.23. The predicted octanol–water partition coefficient (Wildman–Crippen LogP) is 2.02. The highest BCUT2D eigenvalue weighted by atomic mass is 16.1. The topological polar surface area (TPSA) is 55.1 Å². The molecule has 0 saturated heterocycles. The van der Waals surface area contributed by atoms with Crippen LogP contribution in [0.25, 0.3) is 0 Å². The largest absolute Gasteiger partial charge is 0.369 e. The van der Waals surface area contributed by atoms with Crippen molar-refractivity contribution in [1.29, 1.82) is 0 Å². The van der Waals surface area contributed by atoms with Gasteiger partial charge in [-0.1, -0.05) is 45.0 Å². The third kappa shape index (κ3) is 4.57. The molecule has 0 aliphatic rings. The molecule has 1 rings (SSSR count). The van der Waals surface area contributed by atoms with Gasteiger partial charge in [-0.25, -0.2) is 0 Å². The Labute approximate surface area is 103 Å². The van der Waals surface area contributed by atoms with Crippen molar-refractivity contribution in [1.82, 2.24) is 5.32 Å². The molecule has 0 heterocycles. The highest BCUT2D eigenvalue weighted by Gasteiger charge is 2.07. The molecule has 94 valence electrons. The summed E-state index contributed by atoms with van der Waals surface area (Å²) in [5.41, 5.74) is 7.76. The van der Waals surface area contributed by atoms with Gasteiger partial charge in [0.1, 0.15) is 0 Å². The minimum atomic E-state index is -0.257. The Balaban J connectivity index is 2.40. The Bertz CT molecular complexity index is 357. The minimum Gasteiger partial charge on any atom is -0.369 e. The molecule has 0 bridgehead atoms. The van der Waals surface area contributed by atoms with Crippen molar-refractivity contribution >= 4 is 5.91 Å². The fraction of sp³-hybridized carbons (Fsp3) is 0.500. The predicted molar refractivity (Wildman–Crippen MR) is 70.6 cm³/mol. The van der Waals surface area contributed by atoms with Crippen molar-refractivity contribution in [3.63, 3.8) is 0 Å². The van der Waals surface area contributed by atoms with Gasteiger partial charge in [0.2, 0.25) is 5.91 Å². The zero-order chi connectivity index (χ0) is 12.8. The average molecular weight is 234 g/mol. The van der Waals surface area contributed by atoms with Crippen LogP contribution in [0.15, 0.2) is 24.3 Å². The second-order valence-corrected chi connectivity index (χ2v) is 4.83. The van der Waals surface area contributed by atoms with E-state index in [4.69, 9.17) is 5.73 Å². The Morgan fingerprint density at radius 2 is 1.82 bits per heavy atom. The molecule has 1 aromatic rings. The first-order chi connectivity index (χ1) is 8.00. The van der Waals surface area contributed by atoms with Crippen LogP contribution in [0.3, 0.4) is 0 Å². The number of carbonyl (C=O) groups is 1. The van der Waals surface area contributed by atoms with Crippen LogP contribution in [-0.2, 0) is 11.3 Å². The Morgan fingerprint density at radius 3 is 2.29 bits per heavy atom. The van der Waals surface area contributed by atoms with Gasteiger partial charge in [-0.2, -0.15) is 0 Å². The molecule has 1 amide bonds. The average Bonchev–Trinajstić information content (AvgIpc) is 2.29. The molecule has 3 heteroatoms. The summed E-state index contributed by atoms with van der Waals surface area (Å²) in [7, 11) is 0. The van der Waals surface area contributed by atoms with E-state index in [1.807, 2.05) is 6.92 Å². The smallest absolute Gasteiger partial charge is 0.221 e. The third-order valence-corrected chi connectivity index (χ3v) is 2.91. The molecule has 0 aliphatic carbocycles. The molecule has 0 aromatic heterocycles. The van der Waals surface area contributed by atoms with Crippen molar-refractivity contribution in [2.45, 2.75) is 33.2 Å². The van der Waals surface area contributed by atoms with E-state index in [1.165, 1.54) is 11.1 Å². The van der Waals surface area contributed by atoms with E-state index in [1.54, 1.807) is 0 Å². The van der Waals surface area contributed by atoms with Gasteiger partial charge in [0.25, 0.3) is 0 Å². The van der Waals surface area contributed by atoms with Gasteiger partial charge in [0, 0.05) is 19.0 Å². The number of hydrogen-bond acceptors (Lipinski definition) is 2. The van der Waals surface area contributed by atoms with Crippen molar-refractivity contribution in [2.75, 3.05) is 6.54 Å². The maximum absolute atomic E-state index is 10.8. The van der Waals surface area contributed by atoms with Gasteiger partial charge in [-0.05, 0) is 17.0 Å². The van der Waals surface area contributed by atoms with Gasteiger partial charge in [0.15, 0.2) is 0 Å². The molecule has 3 nitrogen and oxygen atoms in total. The number of hydrogen-bond donors (Lipinski definition) is 2. The van der Waals surface area contributed by atoms with Crippen LogP contribution in [-0.4, -0.2) is 12.5 Å². The van der Waals surface area contributed by atoms with E-state index in [0.717, 1.165) is 6.54 Å². The molecule has 0 radical (unpaired) electrons. The molecule has 1 atom stereocenters. The van der Waals surface area contributed by atoms with E-state index in [-0.39, 0.29) is 11.8 Å². The second-order valence-electron chi connectivity index (χ2n) is 4.83. The molecule has 1 unspecified atom stereocenters.